The summed E-state index contributed by atoms with van der Waals surface area (Å²) < 4.78 is 0. The number of anilines is 1. The van der Waals surface area contributed by atoms with Gasteiger partial charge in [0.05, 0.1) is 5.69 Å². The molecule has 3 rings (SSSR count). The maximum atomic E-state index is 12.7. The predicted molar refractivity (Wildman–Crippen MR) is 79.9 cm³/mol. The van der Waals surface area contributed by atoms with Gasteiger partial charge in [-0.3, -0.25) is 9.59 Å². The van der Waals surface area contributed by atoms with Gasteiger partial charge in [0.15, 0.2) is 5.78 Å². The van der Waals surface area contributed by atoms with Crippen LogP contribution in [0, 0.1) is 6.92 Å². The molecule has 1 aliphatic heterocycles. The lowest BCUT2D eigenvalue weighted by Gasteiger charge is -2.28. The fourth-order valence-electron chi connectivity index (χ4n) is 2.57. The Morgan fingerprint density at radius 2 is 1.95 bits per heavy atom. The highest BCUT2D eigenvalue weighted by Gasteiger charge is 2.27. The van der Waals surface area contributed by atoms with Crippen LogP contribution in [0.25, 0.3) is 0 Å². The number of ketones is 1. The molecule has 0 aliphatic carbocycles. The SMILES string of the molecule is Cc1cc(C(=O)N2CCC(=O)c3ccccc32)ccc1O. The van der Waals surface area contributed by atoms with Crippen LogP contribution in [0.4, 0.5) is 5.69 Å². The van der Waals surface area contributed by atoms with Gasteiger partial charge in [-0.15, -0.1) is 0 Å². The molecule has 0 radical (unpaired) electrons. The summed E-state index contributed by atoms with van der Waals surface area (Å²) in [6.45, 7) is 2.13. The molecule has 2 aromatic rings. The van der Waals surface area contributed by atoms with Crippen molar-refractivity contribution < 1.29 is 14.7 Å². The topological polar surface area (TPSA) is 57.6 Å². The van der Waals surface area contributed by atoms with Gasteiger partial charge in [-0.05, 0) is 42.8 Å². The molecule has 1 aliphatic rings. The number of aromatic hydroxyl groups is 1. The summed E-state index contributed by atoms with van der Waals surface area (Å²) in [5, 5.41) is 9.56. The molecule has 1 amide bonds. The second kappa shape index (κ2) is 5.05. The number of hydrogen-bond donors (Lipinski definition) is 1. The molecular weight excluding hydrogens is 266 g/mol. The third-order valence-corrected chi connectivity index (χ3v) is 3.75. The minimum atomic E-state index is -0.155. The maximum absolute atomic E-state index is 12.7. The second-order valence-corrected chi connectivity index (χ2v) is 5.15. The lowest BCUT2D eigenvalue weighted by atomic mass is 9.99. The normalized spacial score (nSPS) is 14.0. The smallest absolute Gasteiger partial charge is 0.258 e. The van der Waals surface area contributed by atoms with Gasteiger partial charge in [-0.2, -0.15) is 0 Å². The molecule has 1 N–H and O–H groups in total. The van der Waals surface area contributed by atoms with Gasteiger partial charge >= 0.3 is 0 Å². The molecule has 21 heavy (non-hydrogen) atoms. The van der Waals surface area contributed by atoms with Crippen molar-refractivity contribution >= 4 is 17.4 Å². The van der Waals surface area contributed by atoms with Crippen molar-refractivity contribution in [1.29, 1.82) is 0 Å². The van der Waals surface area contributed by atoms with E-state index in [1.807, 2.05) is 6.07 Å². The molecule has 0 saturated carbocycles. The highest BCUT2D eigenvalue weighted by Crippen LogP contribution is 2.28. The van der Waals surface area contributed by atoms with Crippen molar-refractivity contribution in [3.8, 4) is 5.75 Å². The van der Waals surface area contributed by atoms with E-state index in [9.17, 15) is 14.7 Å². The third kappa shape index (κ3) is 2.29. The van der Waals surface area contributed by atoms with E-state index in [2.05, 4.69) is 0 Å². The summed E-state index contributed by atoms with van der Waals surface area (Å²) in [6.07, 6.45) is 0.333. The van der Waals surface area contributed by atoms with Crippen LogP contribution in [-0.4, -0.2) is 23.3 Å². The van der Waals surface area contributed by atoms with Crippen LogP contribution in [0.5, 0.6) is 5.75 Å². The summed E-state index contributed by atoms with van der Waals surface area (Å²) in [5.74, 6) is 0.0790. The molecule has 0 spiro atoms. The van der Waals surface area contributed by atoms with Crippen molar-refractivity contribution in [2.24, 2.45) is 0 Å². The molecule has 0 saturated heterocycles. The van der Waals surface area contributed by atoms with Crippen LogP contribution < -0.4 is 4.90 Å². The summed E-state index contributed by atoms with van der Waals surface area (Å²) in [7, 11) is 0. The number of amides is 1. The number of hydrogen-bond acceptors (Lipinski definition) is 3. The molecule has 0 atom stereocenters. The Labute approximate surface area is 122 Å². The van der Waals surface area contributed by atoms with Crippen LogP contribution in [0.1, 0.15) is 32.7 Å². The highest BCUT2D eigenvalue weighted by atomic mass is 16.3. The van der Waals surface area contributed by atoms with E-state index in [1.165, 1.54) is 6.07 Å². The second-order valence-electron chi connectivity index (χ2n) is 5.15. The first-order valence-electron chi connectivity index (χ1n) is 6.81. The van der Waals surface area contributed by atoms with Crippen LogP contribution in [0.15, 0.2) is 42.5 Å². The number of carbonyl (C=O) groups is 2. The number of aryl methyl sites for hydroxylation is 1. The zero-order valence-electron chi connectivity index (χ0n) is 11.7. The van der Waals surface area contributed by atoms with Crippen LogP contribution in [0.3, 0.4) is 0 Å². The van der Waals surface area contributed by atoms with Crippen molar-refractivity contribution in [2.75, 3.05) is 11.4 Å². The Kier molecular flexibility index (Phi) is 3.22. The van der Waals surface area contributed by atoms with Crippen molar-refractivity contribution in [1.82, 2.24) is 0 Å². The first kappa shape index (κ1) is 13.4. The molecular formula is C17H15NO3. The molecule has 4 nitrogen and oxygen atoms in total. The number of nitrogens with zero attached hydrogens (tertiary/aromatic N) is 1. The third-order valence-electron chi connectivity index (χ3n) is 3.75. The van der Waals surface area contributed by atoms with E-state index in [-0.39, 0.29) is 17.4 Å². The number of para-hydroxylation sites is 1. The van der Waals surface area contributed by atoms with Gasteiger partial charge in [-0.1, -0.05) is 12.1 Å². The van der Waals surface area contributed by atoms with Gasteiger partial charge in [0.25, 0.3) is 5.91 Å². The lowest BCUT2D eigenvalue weighted by Crippen LogP contribution is -2.37. The van der Waals surface area contributed by atoms with Crippen molar-refractivity contribution in [3.63, 3.8) is 0 Å². The van der Waals surface area contributed by atoms with Crippen molar-refractivity contribution in [3.05, 3.63) is 59.2 Å². The number of carbonyl (C=O) groups excluding carboxylic acids is 2. The van der Waals surface area contributed by atoms with Crippen LogP contribution in [0.2, 0.25) is 0 Å². The number of Topliss-reactive ketones (excluding diaryl/α,β-unsaturated/α-hetero) is 1. The maximum Gasteiger partial charge on any atom is 0.258 e. The molecule has 2 aromatic carbocycles. The average molecular weight is 281 g/mol. The van der Waals surface area contributed by atoms with Crippen LogP contribution in [-0.2, 0) is 0 Å². The largest absolute Gasteiger partial charge is 0.508 e. The highest BCUT2D eigenvalue weighted by molar-refractivity contribution is 6.13. The first-order valence-corrected chi connectivity index (χ1v) is 6.81. The Balaban J connectivity index is 2.01. The molecule has 106 valence electrons. The number of benzene rings is 2. The van der Waals surface area contributed by atoms with Crippen molar-refractivity contribution in [2.45, 2.75) is 13.3 Å². The van der Waals surface area contributed by atoms with Gasteiger partial charge in [0.2, 0.25) is 0 Å². The summed E-state index contributed by atoms with van der Waals surface area (Å²) in [6, 6.07) is 11.9. The fraction of sp³-hybridized carbons (Fsp3) is 0.176. The first-order chi connectivity index (χ1) is 10.1. The monoisotopic (exact) mass is 281 g/mol. The number of phenols is 1. The van der Waals surface area contributed by atoms with Gasteiger partial charge in [-0.25, -0.2) is 0 Å². The quantitative estimate of drug-likeness (QED) is 0.874. The molecule has 0 aromatic heterocycles. The zero-order valence-corrected chi connectivity index (χ0v) is 11.7. The minimum absolute atomic E-state index is 0.0662. The molecule has 0 bridgehead atoms. The summed E-state index contributed by atoms with van der Waals surface area (Å²) >= 11 is 0. The Bertz CT molecular complexity index is 737. The Morgan fingerprint density at radius 1 is 1.19 bits per heavy atom. The van der Waals surface area contributed by atoms with E-state index in [0.717, 1.165) is 0 Å². The molecule has 0 unspecified atom stereocenters. The van der Waals surface area contributed by atoms with Gasteiger partial charge in [0.1, 0.15) is 5.75 Å². The summed E-state index contributed by atoms with van der Waals surface area (Å²) in [5.41, 5.74) is 2.41. The van der Waals surface area contributed by atoms with E-state index < -0.39 is 0 Å². The molecule has 0 fully saturated rings. The Morgan fingerprint density at radius 3 is 2.71 bits per heavy atom. The van der Waals surface area contributed by atoms with Crippen LogP contribution >= 0.6 is 0 Å². The van der Waals surface area contributed by atoms with Gasteiger partial charge < -0.3 is 10.0 Å². The average Bonchev–Trinajstić information content (AvgIpc) is 2.50. The zero-order chi connectivity index (χ0) is 15.0. The van der Waals surface area contributed by atoms with E-state index in [4.69, 9.17) is 0 Å². The Hall–Kier alpha value is -2.62. The van der Waals surface area contributed by atoms with E-state index >= 15 is 0 Å². The minimum Gasteiger partial charge on any atom is -0.508 e. The van der Waals surface area contributed by atoms with Gasteiger partial charge in [0, 0.05) is 24.1 Å². The molecule has 1 heterocycles. The molecule has 4 heteroatoms. The number of phenolic OH excluding ortho intramolecular Hbond substituents is 1. The number of rotatable bonds is 1. The lowest BCUT2D eigenvalue weighted by molar-refractivity contribution is 0.0955. The predicted octanol–water partition coefficient (Wildman–Crippen LogP) is 2.93. The number of fused-ring (bicyclic) bond motifs is 1. The van der Waals surface area contributed by atoms with E-state index in [1.54, 1.807) is 42.2 Å². The van der Waals surface area contributed by atoms with E-state index in [0.29, 0.717) is 35.3 Å². The summed E-state index contributed by atoms with van der Waals surface area (Å²) in [4.78, 5) is 26.2. The standard InChI is InChI=1S/C17H15NO3/c1-11-10-12(6-7-15(11)19)17(21)18-9-8-16(20)13-4-2-3-5-14(13)18/h2-7,10,19H,8-9H2,1H3. The fourth-order valence-corrected chi connectivity index (χ4v) is 2.57.